The molecule has 0 fully saturated rings. The van der Waals surface area contributed by atoms with Crippen molar-refractivity contribution in [1.82, 2.24) is 4.98 Å². The lowest BCUT2D eigenvalue weighted by atomic mass is 9.95. The van der Waals surface area contributed by atoms with E-state index < -0.39 is 0 Å². The number of rotatable bonds is 2. The van der Waals surface area contributed by atoms with E-state index in [1.807, 2.05) is 6.20 Å². The molecule has 1 heterocycles. The van der Waals surface area contributed by atoms with Gasteiger partial charge in [-0.3, -0.25) is 4.98 Å². The van der Waals surface area contributed by atoms with Crippen LogP contribution in [0.4, 0.5) is 0 Å². The molecular formula is C12H17N. The quantitative estimate of drug-likeness (QED) is 0.672. The molecule has 0 spiro atoms. The van der Waals surface area contributed by atoms with Crippen LogP contribution in [-0.2, 0) is 6.42 Å². The Labute approximate surface area is 80.2 Å². The fourth-order valence-corrected chi connectivity index (χ4v) is 2.29. The van der Waals surface area contributed by atoms with Gasteiger partial charge in [-0.1, -0.05) is 19.9 Å². The van der Waals surface area contributed by atoms with E-state index in [9.17, 15) is 0 Å². The molecule has 0 aromatic carbocycles. The van der Waals surface area contributed by atoms with Crippen molar-refractivity contribution in [2.24, 2.45) is 5.92 Å². The fourth-order valence-electron chi connectivity index (χ4n) is 2.29. The van der Waals surface area contributed by atoms with E-state index in [0.717, 1.165) is 11.8 Å². The molecule has 1 aromatic rings. The molecule has 1 aliphatic carbocycles. The maximum atomic E-state index is 4.49. The zero-order valence-corrected chi connectivity index (χ0v) is 8.46. The van der Waals surface area contributed by atoms with Crippen LogP contribution in [0.25, 0.3) is 0 Å². The highest BCUT2D eigenvalue weighted by Crippen LogP contribution is 2.35. The van der Waals surface area contributed by atoms with Gasteiger partial charge >= 0.3 is 0 Å². The number of aromatic nitrogens is 1. The van der Waals surface area contributed by atoms with Crippen LogP contribution in [0.5, 0.6) is 0 Å². The summed E-state index contributed by atoms with van der Waals surface area (Å²) in [5.74, 6) is 1.52. The molecule has 0 N–H and O–H groups in total. The van der Waals surface area contributed by atoms with E-state index in [-0.39, 0.29) is 0 Å². The summed E-state index contributed by atoms with van der Waals surface area (Å²) in [5, 5.41) is 0. The Morgan fingerprint density at radius 3 is 3.15 bits per heavy atom. The molecule has 0 radical (unpaired) electrons. The number of aryl methyl sites for hydroxylation is 1. The van der Waals surface area contributed by atoms with E-state index >= 15 is 0 Å². The molecule has 0 saturated carbocycles. The van der Waals surface area contributed by atoms with Crippen LogP contribution in [0.15, 0.2) is 18.3 Å². The van der Waals surface area contributed by atoms with Gasteiger partial charge < -0.3 is 0 Å². The minimum Gasteiger partial charge on any atom is -0.261 e. The zero-order chi connectivity index (χ0) is 9.26. The summed E-state index contributed by atoms with van der Waals surface area (Å²) >= 11 is 0. The molecule has 0 aliphatic heterocycles. The maximum absolute atomic E-state index is 4.49. The highest BCUT2D eigenvalue weighted by atomic mass is 14.7. The molecule has 1 heteroatoms. The van der Waals surface area contributed by atoms with Gasteiger partial charge in [-0.15, -0.1) is 0 Å². The van der Waals surface area contributed by atoms with Crippen LogP contribution in [0.3, 0.4) is 0 Å². The Hall–Kier alpha value is -0.850. The van der Waals surface area contributed by atoms with Crippen molar-refractivity contribution in [3.8, 4) is 0 Å². The third kappa shape index (κ3) is 1.74. The second-order valence-corrected chi connectivity index (χ2v) is 4.41. The summed E-state index contributed by atoms with van der Waals surface area (Å²) in [5.41, 5.74) is 2.85. The van der Waals surface area contributed by atoms with Crippen molar-refractivity contribution in [3.63, 3.8) is 0 Å². The first-order valence-corrected chi connectivity index (χ1v) is 5.21. The third-order valence-electron chi connectivity index (χ3n) is 2.83. The minimum absolute atomic E-state index is 0.733. The standard InChI is InChI=1S/C12H17N/c1-9(2)8-11-6-5-10-4-3-7-13-12(10)11/h3-4,7,9,11H,5-6,8H2,1-2H3/t11-/m0/s1. The predicted molar refractivity (Wildman–Crippen MR) is 54.8 cm³/mol. The van der Waals surface area contributed by atoms with Gasteiger partial charge in [0.1, 0.15) is 0 Å². The van der Waals surface area contributed by atoms with Crippen molar-refractivity contribution in [2.45, 2.75) is 39.0 Å². The van der Waals surface area contributed by atoms with Crippen LogP contribution >= 0.6 is 0 Å². The topological polar surface area (TPSA) is 12.9 Å². The van der Waals surface area contributed by atoms with Gasteiger partial charge in [-0.2, -0.15) is 0 Å². The van der Waals surface area contributed by atoms with E-state index in [0.29, 0.717) is 0 Å². The molecule has 0 unspecified atom stereocenters. The average molecular weight is 175 g/mol. The molecular weight excluding hydrogens is 158 g/mol. The van der Waals surface area contributed by atoms with Crippen LogP contribution < -0.4 is 0 Å². The Kier molecular flexibility index (Phi) is 2.34. The number of nitrogens with zero attached hydrogens (tertiary/aromatic N) is 1. The monoisotopic (exact) mass is 175 g/mol. The summed E-state index contributed by atoms with van der Waals surface area (Å²) in [6, 6.07) is 4.28. The number of pyridine rings is 1. The predicted octanol–water partition coefficient (Wildman–Crippen LogP) is 3.16. The summed E-state index contributed by atoms with van der Waals surface area (Å²) in [6.45, 7) is 4.59. The molecule has 1 nitrogen and oxygen atoms in total. The van der Waals surface area contributed by atoms with Crippen LogP contribution in [-0.4, -0.2) is 4.98 Å². The van der Waals surface area contributed by atoms with Gasteiger partial charge in [0.15, 0.2) is 0 Å². The number of hydrogen-bond acceptors (Lipinski definition) is 1. The Balaban J connectivity index is 2.18. The molecule has 2 rings (SSSR count). The molecule has 1 atom stereocenters. The SMILES string of the molecule is CC(C)C[C@@H]1CCc2cccnc21. The van der Waals surface area contributed by atoms with E-state index in [4.69, 9.17) is 0 Å². The highest BCUT2D eigenvalue weighted by molar-refractivity contribution is 5.28. The lowest BCUT2D eigenvalue weighted by molar-refractivity contribution is 0.491. The lowest BCUT2D eigenvalue weighted by Crippen LogP contribution is -2.00. The van der Waals surface area contributed by atoms with Crippen molar-refractivity contribution in [2.75, 3.05) is 0 Å². The van der Waals surface area contributed by atoms with Crippen LogP contribution in [0.1, 0.15) is 43.9 Å². The Bertz CT molecular complexity index is 291. The number of fused-ring (bicyclic) bond motifs is 1. The van der Waals surface area contributed by atoms with Crippen molar-refractivity contribution in [3.05, 3.63) is 29.6 Å². The second kappa shape index (κ2) is 3.49. The molecule has 0 saturated heterocycles. The summed E-state index contributed by atoms with van der Waals surface area (Å²) < 4.78 is 0. The van der Waals surface area contributed by atoms with E-state index in [2.05, 4.69) is 31.0 Å². The van der Waals surface area contributed by atoms with Gasteiger partial charge in [-0.05, 0) is 36.8 Å². The van der Waals surface area contributed by atoms with Gasteiger partial charge in [0.25, 0.3) is 0 Å². The fraction of sp³-hybridized carbons (Fsp3) is 0.583. The summed E-state index contributed by atoms with van der Waals surface area (Å²) in [7, 11) is 0. The smallest absolute Gasteiger partial charge is 0.0466 e. The highest BCUT2D eigenvalue weighted by Gasteiger charge is 2.23. The minimum atomic E-state index is 0.733. The first-order valence-electron chi connectivity index (χ1n) is 5.21. The summed E-state index contributed by atoms with van der Waals surface area (Å²) in [4.78, 5) is 4.49. The van der Waals surface area contributed by atoms with Crippen molar-refractivity contribution in [1.29, 1.82) is 0 Å². The van der Waals surface area contributed by atoms with Crippen LogP contribution in [0, 0.1) is 5.92 Å². The lowest BCUT2D eigenvalue weighted by Gasteiger charge is -2.12. The first-order chi connectivity index (χ1) is 6.27. The zero-order valence-electron chi connectivity index (χ0n) is 8.46. The summed E-state index contributed by atoms with van der Waals surface area (Å²) in [6.07, 6.45) is 5.77. The molecule has 13 heavy (non-hydrogen) atoms. The van der Waals surface area contributed by atoms with Gasteiger partial charge in [-0.25, -0.2) is 0 Å². The van der Waals surface area contributed by atoms with Gasteiger partial charge in [0, 0.05) is 17.8 Å². The Morgan fingerprint density at radius 2 is 2.38 bits per heavy atom. The largest absolute Gasteiger partial charge is 0.261 e. The third-order valence-corrected chi connectivity index (χ3v) is 2.83. The number of hydrogen-bond donors (Lipinski definition) is 0. The maximum Gasteiger partial charge on any atom is 0.0466 e. The Morgan fingerprint density at radius 1 is 1.54 bits per heavy atom. The van der Waals surface area contributed by atoms with Gasteiger partial charge in [0.05, 0.1) is 0 Å². The molecule has 0 bridgehead atoms. The van der Waals surface area contributed by atoms with Crippen molar-refractivity contribution >= 4 is 0 Å². The van der Waals surface area contributed by atoms with Gasteiger partial charge in [0.2, 0.25) is 0 Å². The van der Waals surface area contributed by atoms with Crippen LogP contribution in [0.2, 0.25) is 0 Å². The molecule has 70 valence electrons. The average Bonchev–Trinajstić information content (AvgIpc) is 2.48. The van der Waals surface area contributed by atoms with E-state index in [1.54, 1.807) is 0 Å². The molecule has 1 aliphatic rings. The normalized spacial score (nSPS) is 20.7. The molecule has 0 amide bonds. The van der Waals surface area contributed by atoms with E-state index in [1.165, 1.54) is 30.5 Å². The first kappa shape index (κ1) is 8.74. The molecule has 1 aromatic heterocycles. The second-order valence-electron chi connectivity index (χ2n) is 4.41. The van der Waals surface area contributed by atoms with Crippen molar-refractivity contribution < 1.29 is 0 Å².